The number of nitrogens with one attached hydrogen (secondary N) is 1. The molecule has 3 aromatic carbocycles. The molecule has 0 unspecified atom stereocenters. The van der Waals surface area contributed by atoms with Gasteiger partial charge < -0.3 is 10.2 Å². The summed E-state index contributed by atoms with van der Waals surface area (Å²) in [6, 6.07) is 15.9. The third kappa shape index (κ3) is 4.22. The van der Waals surface area contributed by atoms with Crippen molar-refractivity contribution in [2.24, 2.45) is 5.16 Å². The van der Waals surface area contributed by atoms with Gasteiger partial charge in [-0.3, -0.25) is 9.59 Å². The summed E-state index contributed by atoms with van der Waals surface area (Å²) in [7, 11) is 0. The molecular weight excluding hydrogens is 450 g/mol. The second-order valence-corrected chi connectivity index (χ2v) is 9.07. The monoisotopic (exact) mass is 474 g/mol. The molecule has 5 nitrogen and oxygen atoms in total. The zero-order valence-electron chi connectivity index (χ0n) is 19.2. The third-order valence-corrected chi connectivity index (χ3v) is 6.76. The molecule has 0 bridgehead atoms. The van der Waals surface area contributed by atoms with E-state index < -0.39 is 28.7 Å². The predicted octanol–water partition coefficient (Wildman–Crippen LogP) is 6.20. The SMILES string of the molecule is Cc1ccc(C2=NOC3(CCCCC3)C2=O)cc1-c1ccc(NC(=O)c2c(F)cccc2F)cc1. The molecule has 3 aromatic rings. The normalized spacial score (nSPS) is 16.7. The van der Waals surface area contributed by atoms with Crippen LogP contribution in [0.25, 0.3) is 11.1 Å². The predicted molar refractivity (Wildman–Crippen MR) is 129 cm³/mol. The summed E-state index contributed by atoms with van der Waals surface area (Å²) in [6.07, 6.45) is 4.41. The van der Waals surface area contributed by atoms with Gasteiger partial charge in [-0.15, -0.1) is 0 Å². The Labute approximate surface area is 201 Å². The van der Waals surface area contributed by atoms with Gasteiger partial charge in [0.15, 0.2) is 5.71 Å². The van der Waals surface area contributed by atoms with Crippen molar-refractivity contribution in [1.82, 2.24) is 0 Å². The molecule has 0 radical (unpaired) electrons. The molecule has 2 aliphatic rings. The summed E-state index contributed by atoms with van der Waals surface area (Å²) < 4.78 is 27.8. The first-order valence-corrected chi connectivity index (χ1v) is 11.7. The van der Waals surface area contributed by atoms with E-state index in [1.165, 1.54) is 6.07 Å². The number of nitrogens with zero attached hydrogens (tertiary/aromatic N) is 1. The zero-order valence-corrected chi connectivity index (χ0v) is 19.2. The first-order valence-electron chi connectivity index (χ1n) is 11.7. The van der Waals surface area contributed by atoms with E-state index >= 15 is 0 Å². The summed E-state index contributed by atoms with van der Waals surface area (Å²) in [6.45, 7) is 1.97. The molecule has 7 heteroatoms. The van der Waals surface area contributed by atoms with Crippen LogP contribution in [0.5, 0.6) is 0 Å². The van der Waals surface area contributed by atoms with E-state index in [0.29, 0.717) is 29.8 Å². The number of amides is 1. The van der Waals surface area contributed by atoms with Crippen molar-refractivity contribution < 1.29 is 23.2 Å². The quantitative estimate of drug-likeness (QED) is 0.490. The molecule has 1 saturated carbocycles. The number of oxime groups is 1. The maximum Gasteiger partial charge on any atom is 0.261 e. The van der Waals surface area contributed by atoms with E-state index in [2.05, 4.69) is 10.5 Å². The summed E-state index contributed by atoms with van der Waals surface area (Å²) in [4.78, 5) is 31.2. The molecular formula is C28H24F2N2O3. The van der Waals surface area contributed by atoms with E-state index in [1.807, 2.05) is 25.1 Å². The van der Waals surface area contributed by atoms with Gasteiger partial charge in [0.25, 0.3) is 5.91 Å². The highest BCUT2D eigenvalue weighted by Crippen LogP contribution is 2.38. The third-order valence-electron chi connectivity index (χ3n) is 6.76. The Kier molecular flexibility index (Phi) is 5.93. The maximum atomic E-state index is 13.9. The lowest BCUT2D eigenvalue weighted by molar-refractivity contribution is -0.136. The lowest BCUT2D eigenvalue weighted by atomic mass is 9.79. The van der Waals surface area contributed by atoms with Gasteiger partial charge in [0.1, 0.15) is 17.2 Å². The van der Waals surface area contributed by atoms with Crippen molar-refractivity contribution in [3.63, 3.8) is 0 Å². The van der Waals surface area contributed by atoms with Gasteiger partial charge in [0.2, 0.25) is 11.4 Å². The van der Waals surface area contributed by atoms with Crippen molar-refractivity contribution in [2.45, 2.75) is 44.6 Å². The Hall–Kier alpha value is -3.87. The van der Waals surface area contributed by atoms with Crippen LogP contribution in [0, 0.1) is 18.6 Å². The molecule has 0 aromatic heterocycles. The largest absolute Gasteiger partial charge is 0.380 e. The van der Waals surface area contributed by atoms with Crippen LogP contribution in [0.2, 0.25) is 0 Å². The van der Waals surface area contributed by atoms with Crippen LogP contribution in [0.4, 0.5) is 14.5 Å². The molecule has 1 heterocycles. The van der Waals surface area contributed by atoms with E-state index in [1.54, 1.807) is 24.3 Å². The number of benzene rings is 3. The second-order valence-electron chi connectivity index (χ2n) is 9.07. The van der Waals surface area contributed by atoms with Crippen LogP contribution in [-0.4, -0.2) is 23.0 Å². The van der Waals surface area contributed by atoms with Crippen molar-refractivity contribution in [2.75, 3.05) is 5.32 Å². The molecule has 35 heavy (non-hydrogen) atoms. The topological polar surface area (TPSA) is 67.8 Å². The first-order chi connectivity index (χ1) is 16.9. The molecule has 1 amide bonds. The average molecular weight is 475 g/mol. The average Bonchev–Trinajstić information content (AvgIpc) is 3.15. The number of aryl methyl sites for hydroxylation is 1. The lowest BCUT2D eigenvalue weighted by Gasteiger charge is -2.28. The van der Waals surface area contributed by atoms with Crippen LogP contribution < -0.4 is 5.32 Å². The van der Waals surface area contributed by atoms with Gasteiger partial charge in [0, 0.05) is 11.3 Å². The Balaban J connectivity index is 1.37. The van der Waals surface area contributed by atoms with Gasteiger partial charge in [-0.2, -0.15) is 0 Å². The van der Waals surface area contributed by atoms with Gasteiger partial charge in [-0.25, -0.2) is 8.78 Å². The summed E-state index contributed by atoms with van der Waals surface area (Å²) in [5.41, 5.74) is 2.78. The van der Waals surface area contributed by atoms with E-state index in [0.717, 1.165) is 48.1 Å². The summed E-state index contributed by atoms with van der Waals surface area (Å²) >= 11 is 0. The molecule has 0 atom stereocenters. The minimum absolute atomic E-state index is 0.0505. The van der Waals surface area contributed by atoms with Crippen molar-refractivity contribution in [1.29, 1.82) is 0 Å². The molecule has 5 rings (SSSR count). The fraction of sp³-hybridized carbons (Fsp3) is 0.250. The zero-order chi connectivity index (χ0) is 24.6. The van der Waals surface area contributed by atoms with Crippen molar-refractivity contribution in [3.05, 3.63) is 89.0 Å². The second kappa shape index (κ2) is 9.06. The minimum atomic E-state index is -0.921. The Morgan fingerprint density at radius 3 is 2.29 bits per heavy atom. The molecule has 1 aliphatic heterocycles. The number of hydrogen-bond acceptors (Lipinski definition) is 4. The lowest BCUT2D eigenvalue weighted by Crippen LogP contribution is -2.41. The first kappa shape index (κ1) is 22.9. The smallest absolute Gasteiger partial charge is 0.261 e. The molecule has 1 spiro atoms. The van der Waals surface area contributed by atoms with Crippen LogP contribution in [0.3, 0.4) is 0 Å². The molecule has 178 valence electrons. The van der Waals surface area contributed by atoms with Gasteiger partial charge in [0.05, 0.1) is 0 Å². The number of carbonyl (C=O) groups excluding carboxylic acids is 2. The van der Waals surface area contributed by atoms with E-state index in [-0.39, 0.29) is 5.78 Å². The van der Waals surface area contributed by atoms with Gasteiger partial charge >= 0.3 is 0 Å². The van der Waals surface area contributed by atoms with Crippen LogP contribution in [-0.2, 0) is 9.63 Å². The Morgan fingerprint density at radius 1 is 0.943 bits per heavy atom. The number of anilines is 1. The van der Waals surface area contributed by atoms with Crippen molar-refractivity contribution in [3.8, 4) is 11.1 Å². The Morgan fingerprint density at radius 2 is 1.60 bits per heavy atom. The molecule has 1 N–H and O–H groups in total. The number of hydrogen-bond donors (Lipinski definition) is 1. The number of rotatable bonds is 4. The van der Waals surface area contributed by atoms with Crippen LogP contribution in [0.15, 0.2) is 65.8 Å². The fourth-order valence-corrected chi connectivity index (χ4v) is 4.78. The van der Waals surface area contributed by atoms with Gasteiger partial charge in [-0.1, -0.05) is 41.9 Å². The van der Waals surface area contributed by atoms with Crippen LogP contribution in [0.1, 0.15) is 53.6 Å². The fourth-order valence-electron chi connectivity index (χ4n) is 4.78. The van der Waals surface area contributed by atoms with Crippen molar-refractivity contribution >= 4 is 23.1 Å². The Bertz CT molecular complexity index is 1320. The highest BCUT2D eigenvalue weighted by molar-refractivity contribution is 6.49. The number of ketones is 1. The molecule has 1 fully saturated rings. The summed E-state index contributed by atoms with van der Waals surface area (Å²) in [5.74, 6) is -2.75. The number of Topliss-reactive ketones (excluding diaryl/α,β-unsaturated/α-hetero) is 1. The van der Waals surface area contributed by atoms with E-state index in [4.69, 9.17) is 4.84 Å². The highest BCUT2D eigenvalue weighted by Gasteiger charge is 2.49. The number of carbonyl (C=O) groups is 2. The van der Waals surface area contributed by atoms with Crippen LogP contribution >= 0.6 is 0 Å². The standard InChI is InChI=1S/C28H24F2N2O3/c1-17-8-9-19(25-26(33)28(35-32-25)14-3-2-4-15-28)16-21(17)18-10-12-20(13-11-18)31-27(34)24-22(29)6-5-7-23(24)30/h5-13,16H,2-4,14-15H2,1H3,(H,31,34). The molecule has 0 saturated heterocycles. The van der Waals surface area contributed by atoms with E-state index in [9.17, 15) is 18.4 Å². The highest BCUT2D eigenvalue weighted by atomic mass is 19.1. The van der Waals surface area contributed by atoms with Gasteiger partial charge in [-0.05, 0) is 79.6 Å². The summed E-state index contributed by atoms with van der Waals surface area (Å²) in [5, 5.41) is 6.71. The maximum absolute atomic E-state index is 13.9. The molecule has 1 aliphatic carbocycles. The minimum Gasteiger partial charge on any atom is -0.380 e. The number of halogens is 2.